The normalized spacial score (nSPS) is 26.1. The van der Waals surface area contributed by atoms with Crippen molar-refractivity contribution in [3.63, 3.8) is 0 Å². The molecule has 0 saturated carbocycles. The first-order valence-electron chi connectivity index (χ1n) is 8.99. The summed E-state index contributed by atoms with van der Waals surface area (Å²) in [5.41, 5.74) is 0.700. The van der Waals surface area contributed by atoms with Crippen molar-refractivity contribution >= 4 is 23.2 Å². The maximum Gasteiger partial charge on any atom is 0.261 e. The molecule has 2 N–H and O–H groups in total. The molecule has 5 heterocycles. The number of carbonyl (C=O) groups excluding carboxylic acids is 1. The lowest BCUT2D eigenvalue weighted by Crippen LogP contribution is -2.44. The monoisotopic (exact) mass is 398 g/mol. The molecule has 28 heavy (non-hydrogen) atoms. The van der Waals surface area contributed by atoms with Gasteiger partial charge in [-0.2, -0.15) is 0 Å². The van der Waals surface area contributed by atoms with Gasteiger partial charge >= 0.3 is 0 Å². The molecule has 144 valence electrons. The summed E-state index contributed by atoms with van der Waals surface area (Å²) in [7, 11) is 0. The second kappa shape index (κ2) is 7.34. The molecule has 8 nitrogen and oxygen atoms in total. The molecular weight excluding hydrogens is 380 g/mol. The topological polar surface area (TPSA) is 98.5 Å². The van der Waals surface area contributed by atoms with Crippen molar-refractivity contribution in [3.8, 4) is 11.5 Å². The van der Waals surface area contributed by atoms with Gasteiger partial charge in [-0.15, -0.1) is 11.3 Å². The van der Waals surface area contributed by atoms with Crippen LogP contribution < -0.4 is 10.6 Å². The minimum Gasteiger partial charge on any atom is -0.463 e. The number of amides is 1. The van der Waals surface area contributed by atoms with Gasteiger partial charge in [-0.05, 0) is 29.6 Å². The van der Waals surface area contributed by atoms with E-state index in [4.69, 9.17) is 13.9 Å². The molecule has 3 aromatic heterocycles. The van der Waals surface area contributed by atoms with Gasteiger partial charge in [0.15, 0.2) is 5.76 Å². The van der Waals surface area contributed by atoms with Crippen LogP contribution in [0, 0.1) is 0 Å². The van der Waals surface area contributed by atoms with E-state index < -0.39 is 0 Å². The molecule has 5 rings (SSSR count). The van der Waals surface area contributed by atoms with Gasteiger partial charge in [-0.25, -0.2) is 9.97 Å². The fraction of sp³-hybridized carbons (Fsp3) is 0.316. The standard InChI is InChI=1S/C19H18N4O4S/c24-18(15-4-2-8-28-15)21-12-9-26-17-13(10-27-16(12)17)23-19-20-6-5-11(22-19)14-3-1-7-25-14/h1-8,12-13,16-17H,9-10H2,(H,21,24)(H,20,22,23)/t12-,13-,16+,17+/m0/s1. The number of furan rings is 1. The molecule has 1 amide bonds. The number of hydrogen-bond acceptors (Lipinski definition) is 8. The van der Waals surface area contributed by atoms with E-state index in [2.05, 4.69) is 20.6 Å². The smallest absolute Gasteiger partial charge is 0.261 e. The van der Waals surface area contributed by atoms with Crippen molar-refractivity contribution < 1.29 is 18.7 Å². The number of anilines is 1. The summed E-state index contributed by atoms with van der Waals surface area (Å²) < 4.78 is 17.2. The zero-order valence-electron chi connectivity index (χ0n) is 14.8. The van der Waals surface area contributed by atoms with Crippen LogP contribution >= 0.6 is 11.3 Å². The van der Waals surface area contributed by atoms with Crippen LogP contribution in [0.2, 0.25) is 0 Å². The van der Waals surface area contributed by atoms with Gasteiger partial charge in [-0.3, -0.25) is 4.79 Å². The van der Waals surface area contributed by atoms with Crippen molar-refractivity contribution in [2.75, 3.05) is 18.5 Å². The molecule has 2 saturated heterocycles. The van der Waals surface area contributed by atoms with Crippen LogP contribution in [0.1, 0.15) is 9.67 Å². The second-order valence-corrected chi connectivity index (χ2v) is 7.59. The summed E-state index contributed by atoms with van der Waals surface area (Å²) in [6, 6.07) is 8.84. The zero-order valence-corrected chi connectivity index (χ0v) is 15.6. The average molecular weight is 398 g/mol. The predicted octanol–water partition coefficient (Wildman–Crippen LogP) is 2.17. The number of ether oxygens (including phenoxy) is 2. The van der Waals surface area contributed by atoms with Crippen LogP contribution in [0.4, 0.5) is 5.95 Å². The van der Waals surface area contributed by atoms with Gasteiger partial charge in [0.1, 0.15) is 17.9 Å². The Bertz CT molecular complexity index is 947. The lowest BCUT2D eigenvalue weighted by atomic mass is 10.1. The summed E-state index contributed by atoms with van der Waals surface area (Å²) in [5.74, 6) is 1.07. The third kappa shape index (κ3) is 3.28. The van der Waals surface area contributed by atoms with Crippen LogP contribution in [0.5, 0.6) is 0 Å². The van der Waals surface area contributed by atoms with E-state index in [0.717, 1.165) is 0 Å². The van der Waals surface area contributed by atoms with Crippen LogP contribution in [0.15, 0.2) is 52.6 Å². The number of aromatic nitrogens is 2. The summed E-state index contributed by atoms with van der Waals surface area (Å²) in [4.78, 5) is 21.8. The Hall–Kier alpha value is -2.75. The van der Waals surface area contributed by atoms with Crippen LogP contribution in [0.25, 0.3) is 11.5 Å². The highest BCUT2D eigenvalue weighted by Crippen LogP contribution is 2.29. The lowest BCUT2D eigenvalue weighted by molar-refractivity contribution is 0.0652. The molecule has 0 aromatic carbocycles. The number of rotatable bonds is 5. The molecule has 4 atom stereocenters. The van der Waals surface area contributed by atoms with Crippen molar-refractivity contribution in [1.82, 2.24) is 15.3 Å². The van der Waals surface area contributed by atoms with Crippen molar-refractivity contribution in [3.05, 3.63) is 53.0 Å². The van der Waals surface area contributed by atoms with Crippen molar-refractivity contribution in [2.24, 2.45) is 0 Å². The predicted molar refractivity (Wildman–Crippen MR) is 102 cm³/mol. The van der Waals surface area contributed by atoms with E-state index in [-0.39, 0.29) is 30.2 Å². The molecule has 0 bridgehead atoms. The van der Waals surface area contributed by atoms with Gasteiger partial charge in [0.05, 0.1) is 36.4 Å². The summed E-state index contributed by atoms with van der Waals surface area (Å²) in [5, 5.41) is 8.19. The quantitative estimate of drug-likeness (QED) is 0.680. The Balaban J connectivity index is 1.24. The maximum atomic E-state index is 12.3. The molecule has 0 unspecified atom stereocenters. The van der Waals surface area contributed by atoms with Gasteiger partial charge in [0.25, 0.3) is 5.91 Å². The third-order valence-corrected chi connectivity index (χ3v) is 5.73. The molecular formula is C19H18N4O4S. The van der Waals surface area contributed by atoms with Gasteiger partial charge in [0, 0.05) is 6.20 Å². The number of fused-ring (bicyclic) bond motifs is 1. The van der Waals surface area contributed by atoms with Crippen molar-refractivity contribution in [2.45, 2.75) is 24.3 Å². The highest BCUT2D eigenvalue weighted by atomic mass is 32.1. The Morgan fingerprint density at radius 3 is 2.75 bits per heavy atom. The number of hydrogen-bond donors (Lipinski definition) is 2. The molecule has 0 aliphatic carbocycles. The highest BCUT2D eigenvalue weighted by molar-refractivity contribution is 7.12. The second-order valence-electron chi connectivity index (χ2n) is 6.65. The number of nitrogens with one attached hydrogen (secondary N) is 2. The SMILES string of the molecule is O=C(N[C@H]1CO[C@H]2[C@@H]1OC[C@@H]2Nc1nccc(-c2ccco2)n1)c1cccs1. The number of carbonyl (C=O) groups is 1. The Labute approximate surface area is 164 Å². The van der Waals surface area contributed by atoms with Crippen LogP contribution in [-0.4, -0.2) is 53.4 Å². The summed E-state index contributed by atoms with van der Waals surface area (Å²) >= 11 is 1.41. The fourth-order valence-electron chi connectivity index (χ4n) is 3.55. The first-order valence-corrected chi connectivity index (χ1v) is 9.87. The van der Waals surface area contributed by atoms with Gasteiger partial charge in [0.2, 0.25) is 5.95 Å². The Morgan fingerprint density at radius 1 is 1.11 bits per heavy atom. The molecule has 2 aliphatic rings. The summed E-state index contributed by atoms with van der Waals surface area (Å²) in [6.45, 7) is 0.868. The third-order valence-electron chi connectivity index (χ3n) is 4.86. The first-order chi connectivity index (χ1) is 13.8. The molecule has 0 radical (unpaired) electrons. The molecule has 2 aliphatic heterocycles. The first kappa shape index (κ1) is 17.4. The Morgan fingerprint density at radius 2 is 1.96 bits per heavy atom. The van der Waals surface area contributed by atoms with E-state index in [1.54, 1.807) is 24.6 Å². The van der Waals surface area contributed by atoms with Gasteiger partial charge in [-0.1, -0.05) is 6.07 Å². The maximum absolute atomic E-state index is 12.3. The van der Waals surface area contributed by atoms with E-state index >= 15 is 0 Å². The van der Waals surface area contributed by atoms with Gasteiger partial charge < -0.3 is 24.5 Å². The minimum absolute atomic E-state index is 0.0968. The molecule has 0 spiro atoms. The molecule has 2 fully saturated rings. The highest BCUT2D eigenvalue weighted by Gasteiger charge is 2.48. The van der Waals surface area contributed by atoms with E-state index in [1.165, 1.54) is 11.3 Å². The number of thiophene rings is 1. The van der Waals surface area contributed by atoms with Crippen LogP contribution in [0.3, 0.4) is 0 Å². The van der Waals surface area contributed by atoms with E-state index in [9.17, 15) is 4.79 Å². The zero-order chi connectivity index (χ0) is 18.9. The number of nitrogens with zero attached hydrogens (tertiary/aromatic N) is 2. The van der Waals surface area contributed by atoms with Crippen LogP contribution in [-0.2, 0) is 9.47 Å². The molecule has 3 aromatic rings. The largest absolute Gasteiger partial charge is 0.463 e. The van der Waals surface area contributed by atoms with E-state index in [0.29, 0.717) is 35.5 Å². The minimum atomic E-state index is -0.199. The molecule has 9 heteroatoms. The van der Waals surface area contributed by atoms with Crippen molar-refractivity contribution in [1.29, 1.82) is 0 Å². The Kier molecular flexibility index (Phi) is 4.55. The lowest BCUT2D eigenvalue weighted by Gasteiger charge is -2.18. The fourth-order valence-corrected chi connectivity index (χ4v) is 4.18. The average Bonchev–Trinajstić information content (AvgIpc) is 3.50. The van der Waals surface area contributed by atoms with E-state index in [1.807, 2.05) is 23.6 Å². The summed E-state index contributed by atoms with van der Waals surface area (Å²) in [6.07, 6.45) is 2.91.